The summed E-state index contributed by atoms with van der Waals surface area (Å²) in [5.74, 6) is 0.332. The number of aromatic nitrogens is 2. The van der Waals surface area contributed by atoms with Gasteiger partial charge >= 0.3 is 0 Å². The number of nitrogens with one attached hydrogen (secondary N) is 1. The Morgan fingerprint density at radius 3 is 2.95 bits per heavy atom. The van der Waals surface area contributed by atoms with Gasteiger partial charge in [-0.15, -0.1) is 16.8 Å². The Balaban J connectivity index is 2.08. The molecule has 0 bridgehead atoms. The average Bonchev–Trinajstić information content (AvgIpc) is 2.92. The zero-order chi connectivity index (χ0) is 16.1. The molecule has 0 atom stereocenters. The molecule has 0 saturated heterocycles. The van der Waals surface area contributed by atoms with Crippen LogP contribution in [0.3, 0.4) is 0 Å². The topological polar surface area (TPSA) is 98.0 Å². The second-order valence-corrected chi connectivity index (χ2v) is 6.43. The van der Waals surface area contributed by atoms with E-state index in [4.69, 9.17) is 0 Å². The molecule has 1 N–H and O–H groups in total. The van der Waals surface area contributed by atoms with Gasteiger partial charge in [-0.3, -0.25) is 20.2 Å². The Kier molecular flexibility index (Phi) is 5.23. The van der Waals surface area contributed by atoms with Crippen LogP contribution in [0.5, 0.6) is 0 Å². The fourth-order valence-corrected chi connectivity index (χ4v) is 3.13. The minimum atomic E-state index is -0.481. The molecule has 0 aliphatic carbocycles. The zero-order valence-electron chi connectivity index (χ0n) is 11.6. The van der Waals surface area contributed by atoms with E-state index in [0.717, 1.165) is 4.34 Å². The highest BCUT2D eigenvalue weighted by Crippen LogP contribution is 2.26. The summed E-state index contributed by atoms with van der Waals surface area (Å²) in [6, 6.07) is 4.20. The Bertz CT molecular complexity index is 730. The van der Waals surface area contributed by atoms with Crippen molar-refractivity contribution in [3.8, 4) is 0 Å². The maximum atomic E-state index is 12.1. The van der Waals surface area contributed by atoms with Crippen LogP contribution in [0.25, 0.3) is 0 Å². The van der Waals surface area contributed by atoms with Gasteiger partial charge in [0.2, 0.25) is 5.13 Å². The van der Waals surface area contributed by atoms with Crippen LogP contribution in [-0.4, -0.2) is 26.8 Å². The lowest BCUT2D eigenvalue weighted by Gasteiger charge is -2.03. The highest BCUT2D eigenvalue weighted by molar-refractivity contribution is 8.01. The first kappa shape index (κ1) is 16.1. The third kappa shape index (κ3) is 3.89. The second kappa shape index (κ2) is 7.14. The molecule has 0 fully saturated rings. The minimum absolute atomic E-state index is 0.0180. The van der Waals surface area contributed by atoms with Crippen molar-refractivity contribution in [1.29, 1.82) is 0 Å². The molecule has 1 aromatic heterocycles. The summed E-state index contributed by atoms with van der Waals surface area (Å²) in [6.07, 6.45) is 1.75. The van der Waals surface area contributed by atoms with Gasteiger partial charge in [0.15, 0.2) is 4.34 Å². The van der Waals surface area contributed by atoms with E-state index in [1.807, 2.05) is 0 Å². The van der Waals surface area contributed by atoms with Gasteiger partial charge in [-0.25, -0.2) is 0 Å². The molecule has 0 aliphatic heterocycles. The van der Waals surface area contributed by atoms with E-state index in [2.05, 4.69) is 22.1 Å². The van der Waals surface area contributed by atoms with Crippen LogP contribution >= 0.6 is 23.1 Å². The van der Waals surface area contributed by atoms with Gasteiger partial charge in [-0.2, -0.15) is 0 Å². The fourth-order valence-electron chi connectivity index (χ4n) is 1.62. The second-order valence-electron chi connectivity index (χ2n) is 4.19. The number of hydrogen-bond acceptors (Lipinski definition) is 7. The van der Waals surface area contributed by atoms with Gasteiger partial charge in [0.25, 0.3) is 11.6 Å². The fraction of sp³-hybridized carbons (Fsp3) is 0.154. The third-order valence-electron chi connectivity index (χ3n) is 2.61. The van der Waals surface area contributed by atoms with E-state index in [0.29, 0.717) is 22.0 Å². The van der Waals surface area contributed by atoms with Crippen LogP contribution in [0.15, 0.2) is 35.2 Å². The number of carbonyl (C=O) groups is 1. The van der Waals surface area contributed by atoms with Crippen LogP contribution in [0.4, 0.5) is 10.8 Å². The Morgan fingerprint density at radius 2 is 2.32 bits per heavy atom. The van der Waals surface area contributed by atoms with Gasteiger partial charge in [-0.1, -0.05) is 29.2 Å². The van der Waals surface area contributed by atoms with Gasteiger partial charge in [0.1, 0.15) is 0 Å². The van der Waals surface area contributed by atoms with Crippen molar-refractivity contribution in [2.45, 2.75) is 11.3 Å². The molecule has 0 aliphatic rings. The molecule has 2 rings (SSSR count). The van der Waals surface area contributed by atoms with E-state index in [1.165, 1.54) is 41.3 Å². The molecular formula is C13H12N4O3S2. The lowest BCUT2D eigenvalue weighted by atomic mass is 10.1. The van der Waals surface area contributed by atoms with Gasteiger partial charge in [-0.05, 0) is 19.1 Å². The first-order chi connectivity index (χ1) is 10.5. The highest BCUT2D eigenvalue weighted by atomic mass is 32.2. The summed E-state index contributed by atoms with van der Waals surface area (Å²) < 4.78 is 0.732. The van der Waals surface area contributed by atoms with E-state index >= 15 is 0 Å². The normalized spacial score (nSPS) is 10.2. The molecule has 1 aromatic carbocycles. The van der Waals surface area contributed by atoms with Crippen LogP contribution in [0, 0.1) is 17.0 Å². The molecular weight excluding hydrogens is 324 g/mol. The summed E-state index contributed by atoms with van der Waals surface area (Å²) in [5.41, 5.74) is 0.742. The standard InChI is InChI=1S/C13H12N4O3S2/c1-3-6-21-13-16-15-12(22-13)14-11(18)9-4-5-10(17(19)20)8(2)7-9/h3-5,7H,1,6H2,2H3,(H,14,15,18). The quantitative estimate of drug-likeness (QED) is 0.286. The van der Waals surface area contributed by atoms with E-state index in [1.54, 1.807) is 13.0 Å². The average molecular weight is 336 g/mol. The van der Waals surface area contributed by atoms with Crippen molar-refractivity contribution in [3.05, 3.63) is 52.1 Å². The van der Waals surface area contributed by atoms with Crippen molar-refractivity contribution in [3.63, 3.8) is 0 Å². The van der Waals surface area contributed by atoms with Crippen molar-refractivity contribution < 1.29 is 9.72 Å². The predicted octanol–water partition coefficient (Wildman–Crippen LogP) is 3.29. The smallest absolute Gasteiger partial charge is 0.272 e. The molecule has 9 heteroatoms. The summed E-state index contributed by atoms with van der Waals surface area (Å²) in [4.78, 5) is 22.4. The molecule has 0 radical (unpaired) electrons. The SMILES string of the molecule is C=CCSc1nnc(NC(=O)c2ccc([N+](=O)[O-])c(C)c2)s1. The van der Waals surface area contributed by atoms with Gasteiger partial charge in [0.05, 0.1) is 4.92 Å². The monoisotopic (exact) mass is 336 g/mol. The first-order valence-corrected chi connectivity index (χ1v) is 7.95. The number of benzene rings is 1. The largest absolute Gasteiger partial charge is 0.296 e. The number of rotatable bonds is 6. The number of hydrogen-bond donors (Lipinski definition) is 1. The number of nitro benzene ring substituents is 1. The molecule has 22 heavy (non-hydrogen) atoms. The van der Waals surface area contributed by atoms with E-state index in [-0.39, 0.29) is 11.6 Å². The lowest BCUT2D eigenvalue weighted by Crippen LogP contribution is -2.12. The summed E-state index contributed by atoms with van der Waals surface area (Å²) >= 11 is 2.73. The van der Waals surface area contributed by atoms with Crippen LogP contribution in [0.1, 0.15) is 15.9 Å². The highest BCUT2D eigenvalue weighted by Gasteiger charge is 2.15. The van der Waals surface area contributed by atoms with Crippen LogP contribution in [-0.2, 0) is 0 Å². The van der Waals surface area contributed by atoms with E-state index < -0.39 is 4.92 Å². The molecule has 2 aromatic rings. The van der Waals surface area contributed by atoms with Gasteiger partial charge < -0.3 is 0 Å². The maximum Gasteiger partial charge on any atom is 0.272 e. The third-order valence-corrected chi connectivity index (χ3v) is 4.58. The number of carbonyl (C=O) groups excluding carboxylic acids is 1. The van der Waals surface area contributed by atoms with E-state index in [9.17, 15) is 14.9 Å². The molecule has 0 saturated carbocycles. The summed E-state index contributed by atoms with van der Waals surface area (Å²) in [5, 5.41) is 21.6. The molecule has 114 valence electrons. The summed E-state index contributed by atoms with van der Waals surface area (Å²) in [6.45, 7) is 5.20. The number of amides is 1. The minimum Gasteiger partial charge on any atom is -0.296 e. The molecule has 0 spiro atoms. The predicted molar refractivity (Wildman–Crippen MR) is 86.6 cm³/mol. The van der Waals surface area contributed by atoms with Crippen molar-refractivity contribution in [1.82, 2.24) is 10.2 Å². The maximum absolute atomic E-state index is 12.1. The number of nitrogens with zero attached hydrogens (tertiary/aromatic N) is 3. The van der Waals surface area contributed by atoms with Crippen molar-refractivity contribution in [2.24, 2.45) is 0 Å². The first-order valence-electron chi connectivity index (χ1n) is 6.15. The Morgan fingerprint density at radius 1 is 1.55 bits per heavy atom. The Hall–Kier alpha value is -2.26. The molecule has 1 heterocycles. The number of nitro groups is 1. The molecule has 1 amide bonds. The number of anilines is 1. The number of aryl methyl sites for hydroxylation is 1. The van der Waals surface area contributed by atoms with Crippen LogP contribution < -0.4 is 5.32 Å². The van der Waals surface area contributed by atoms with Crippen LogP contribution in [0.2, 0.25) is 0 Å². The Labute approximate surface area is 134 Å². The van der Waals surface area contributed by atoms with Crippen molar-refractivity contribution >= 4 is 39.8 Å². The zero-order valence-corrected chi connectivity index (χ0v) is 13.2. The summed E-state index contributed by atoms with van der Waals surface area (Å²) in [7, 11) is 0. The van der Waals surface area contributed by atoms with Gasteiger partial charge in [0, 0.05) is 22.9 Å². The van der Waals surface area contributed by atoms with Crippen molar-refractivity contribution in [2.75, 3.05) is 11.1 Å². The lowest BCUT2D eigenvalue weighted by molar-refractivity contribution is -0.385. The number of thioether (sulfide) groups is 1. The molecule has 7 nitrogen and oxygen atoms in total. The molecule has 0 unspecified atom stereocenters.